The maximum atomic E-state index is 12.0. The molecule has 108 valence electrons. The summed E-state index contributed by atoms with van der Waals surface area (Å²) >= 11 is 5.50. The maximum absolute atomic E-state index is 12.0. The number of hydrogen-bond acceptors (Lipinski definition) is 4. The van der Waals surface area contributed by atoms with E-state index >= 15 is 0 Å². The highest BCUT2D eigenvalue weighted by atomic mass is 35.5. The molecule has 0 radical (unpaired) electrons. The van der Waals surface area contributed by atoms with Crippen molar-refractivity contribution in [1.29, 1.82) is 0 Å². The molecule has 0 atom stereocenters. The second-order valence-electron chi connectivity index (χ2n) is 3.87. The summed E-state index contributed by atoms with van der Waals surface area (Å²) < 4.78 is 30.4. The minimum absolute atomic E-state index is 0.0240. The number of para-hydroxylation sites is 1. The third-order valence-corrected chi connectivity index (χ3v) is 4.85. The van der Waals surface area contributed by atoms with Gasteiger partial charge in [0.1, 0.15) is 5.75 Å². The Bertz CT molecular complexity index is 492. The van der Waals surface area contributed by atoms with Crippen LogP contribution >= 0.6 is 11.6 Å². The van der Waals surface area contributed by atoms with Crippen molar-refractivity contribution in [2.75, 3.05) is 31.9 Å². The van der Waals surface area contributed by atoms with Crippen molar-refractivity contribution in [2.24, 2.45) is 0 Å². The molecule has 0 saturated heterocycles. The number of aliphatic hydroxyl groups excluding tert-OH is 1. The van der Waals surface area contributed by atoms with Crippen molar-refractivity contribution < 1.29 is 18.3 Å². The predicted octanol–water partition coefficient (Wildman–Crippen LogP) is 1.06. The fraction of sp³-hybridized carbons (Fsp3) is 0.500. The van der Waals surface area contributed by atoms with E-state index in [1.165, 1.54) is 11.4 Å². The highest BCUT2D eigenvalue weighted by molar-refractivity contribution is 7.89. The number of sulfonamides is 1. The molecular weight excluding hydrogens is 290 g/mol. The maximum Gasteiger partial charge on any atom is 0.215 e. The molecule has 1 N–H and O–H groups in total. The van der Waals surface area contributed by atoms with E-state index in [1.54, 1.807) is 12.1 Å². The summed E-state index contributed by atoms with van der Waals surface area (Å²) in [5, 5.41) is 9.00. The van der Waals surface area contributed by atoms with Crippen molar-refractivity contribution in [1.82, 2.24) is 4.31 Å². The number of aliphatic hydroxyl groups is 1. The first-order valence-corrected chi connectivity index (χ1v) is 7.96. The van der Waals surface area contributed by atoms with Gasteiger partial charge in [0.15, 0.2) is 0 Å². The lowest BCUT2D eigenvalue weighted by Crippen LogP contribution is -2.35. The molecule has 0 bridgehead atoms. The second-order valence-corrected chi connectivity index (χ2v) is 6.34. The van der Waals surface area contributed by atoms with E-state index in [1.807, 2.05) is 12.1 Å². The van der Waals surface area contributed by atoms with Gasteiger partial charge in [0, 0.05) is 24.5 Å². The Morgan fingerprint density at radius 3 is 2.63 bits per heavy atom. The van der Waals surface area contributed by atoms with E-state index in [4.69, 9.17) is 21.4 Å². The van der Waals surface area contributed by atoms with Gasteiger partial charge in [0.2, 0.25) is 10.0 Å². The molecule has 0 saturated carbocycles. The Balaban J connectivity index is 2.96. The Morgan fingerprint density at radius 2 is 2.05 bits per heavy atom. The summed E-state index contributed by atoms with van der Waals surface area (Å²) in [7, 11) is -1.94. The van der Waals surface area contributed by atoms with Crippen molar-refractivity contribution >= 4 is 21.6 Å². The predicted molar refractivity (Wildman–Crippen MR) is 75.0 cm³/mol. The van der Waals surface area contributed by atoms with Gasteiger partial charge in [0.05, 0.1) is 19.5 Å². The Labute approximate surface area is 118 Å². The number of ether oxygens (including phenoxy) is 1. The topological polar surface area (TPSA) is 66.8 Å². The zero-order valence-corrected chi connectivity index (χ0v) is 12.3. The molecule has 0 spiro atoms. The van der Waals surface area contributed by atoms with Crippen molar-refractivity contribution in [3.63, 3.8) is 0 Å². The first-order valence-electron chi connectivity index (χ1n) is 5.81. The van der Waals surface area contributed by atoms with Gasteiger partial charge in [0.25, 0.3) is 0 Å². The molecule has 1 rings (SSSR count). The fourth-order valence-corrected chi connectivity index (χ4v) is 3.41. The van der Waals surface area contributed by atoms with Crippen LogP contribution in [0, 0.1) is 0 Å². The molecular formula is C12H18ClNO4S. The van der Waals surface area contributed by atoms with Gasteiger partial charge in [-0.25, -0.2) is 8.42 Å². The van der Waals surface area contributed by atoms with Gasteiger partial charge >= 0.3 is 0 Å². The van der Waals surface area contributed by atoms with Crippen LogP contribution in [0.1, 0.15) is 5.56 Å². The highest BCUT2D eigenvalue weighted by Crippen LogP contribution is 2.20. The molecule has 0 amide bonds. The largest absolute Gasteiger partial charge is 0.496 e. The Hall–Kier alpha value is -0.820. The van der Waals surface area contributed by atoms with Crippen LogP contribution < -0.4 is 4.74 Å². The molecule has 7 heteroatoms. The van der Waals surface area contributed by atoms with E-state index in [9.17, 15) is 8.42 Å². The van der Waals surface area contributed by atoms with Crippen LogP contribution in [0.15, 0.2) is 24.3 Å². The van der Waals surface area contributed by atoms with Gasteiger partial charge in [-0.05, 0) is 6.07 Å². The third-order valence-electron chi connectivity index (χ3n) is 2.62. The lowest BCUT2D eigenvalue weighted by atomic mass is 10.2. The van der Waals surface area contributed by atoms with Crippen molar-refractivity contribution in [3.05, 3.63) is 29.8 Å². The number of hydrogen-bond donors (Lipinski definition) is 1. The fourth-order valence-electron chi connectivity index (χ4n) is 1.68. The number of nitrogens with zero attached hydrogens (tertiary/aromatic N) is 1. The summed E-state index contributed by atoms with van der Waals surface area (Å²) in [6, 6.07) is 7.18. The molecule has 0 unspecified atom stereocenters. The number of rotatable bonds is 8. The van der Waals surface area contributed by atoms with Crippen LogP contribution in [0.5, 0.6) is 5.75 Å². The average molecular weight is 308 g/mol. The van der Waals surface area contributed by atoms with Gasteiger partial charge in [-0.3, -0.25) is 0 Å². The molecule has 1 aromatic rings. The number of alkyl halides is 1. The molecule has 1 aromatic carbocycles. The van der Waals surface area contributed by atoms with Gasteiger partial charge < -0.3 is 9.84 Å². The van der Waals surface area contributed by atoms with E-state index < -0.39 is 10.0 Å². The van der Waals surface area contributed by atoms with Crippen LogP contribution in [-0.2, 0) is 16.6 Å². The van der Waals surface area contributed by atoms with E-state index in [0.717, 1.165) is 5.56 Å². The molecule has 0 aliphatic heterocycles. The van der Waals surface area contributed by atoms with Crippen LogP contribution in [0.3, 0.4) is 0 Å². The van der Waals surface area contributed by atoms with Crippen molar-refractivity contribution in [2.45, 2.75) is 6.54 Å². The van der Waals surface area contributed by atoms with Gasteiger partial charge in [-0.2, -0.15) is 4.31 Å². The van der Waals surface area contributed by atoms with Gasteiger partial charge in [-0.1, -0.05) is 18.2 Å². The van der Waals surface area contributed by atoms with E-state index in [2.05, 4.69) is 0 Å². The summed E-state index contributed by atoms with van der Waals surface area (Å²) in [5.74, 6) is 0.492. The summed E-state index contributed by atoms with van der Waals surface area (Å²) in [6.07, 6.45) is 0. The molecule has 0 heterocycles. The molecule has 0 aromatic heterocycles. The molecule has 0 aliphatic carbocycles. The van der Waals surface area contributed by atoms with Crippen LogP contribution in [0.2, 0.25) is 0 Å². The monoisotopic (exact) mass is 307 g/mol. The van der Waals surface area contributed by atoms with E-state index in [-0.39, 0.29) is 31.3 Å². The van der Waals surface area contributed by atoms with Crippen LogP contribution in [0.4, 0.5) is 0 Å². The normalized spacial score (nSPS) is 11.8. The molecule has 5 nitrogen and oxygen atoms in total. The minimum atomic E-state index is -3.47. The van der Waals surface area contributed by atoms with E-state index in [0.29, 0.717) is 5.75 Å². The first kappa shape index (κ1) is 16.2. The Morgan fingerprint density at radius 1 is 1.37 bits per heavy atom. The summed E-state index contributed by atoms with van der Waals surface area (Å²) in [6.45, 7) is -0.0439. The summed E-state index contributed by atoms with van der Waals surface area (Å²) in [4.78, 5) is 0. The Kier molecular flexibility index (Phi) is 6.57. The highest BCUT2D eigenvalue weighted by Gasteiger charge is 2.22. The zero-order valence-electron chi connectivity index (χ0n) is 10.8. The summed E-state index contributed by atoms with van der Waals surface area (Å²) in [5.41, 5.74) is 0.747. The number of benzene rings is 1. The van der Waals surface area contributed by atoms with Crippen molar-refractivity contribution in [3.8, 4) is 5.75 Å². The first-order chi connectivity index (χ1) is 9.05. The minimum Gasteiger partial charge on any atom is -0.496 e. The lowest BCUT2D eigenvalue weighted by Gasteiger charge is -2.21. The van der Waals surface area contributed by atoms with Crippen LogP contribution in [-0.4, -0.2) is 49.7 Å². The van der Waals surface area contributed by atoms with Gasteiger partial charge in [-0.15, -0.1) is 11.6 Å². The quantitative estimate of drug-likeness (QED) is 0.729. The molecule has 19 heavy (non-hydrogen) atoms. The van der Waals surface area contributed by atoms with Crippen LogP contribution in [0.25, 0.3) is 0 Å². The lowest BCUT2D eigenvalue weighted by molar-refractivity contribution is 0.250. The smallest absolute Gasteiger partial charge is 0.215 e. The SMILES string of the molecule is COc1ccccc1CN(CCO)S(=O)(=O)CCCl. The number of methoxy groups -OCH3 is 1. The zero-order chi connectivity index (χ0) is 14.3. The number of halogens is 1. The second kappa shape index (κ2) is 7.69. The molecule has 0 aliphatic rings. The third kappa shape index (κ3) is 4.65. The molecule has 0 fully saturated rings. The average Bonchev–Trinajstić information content (AvgIpc) is 2.38. The standard InChI is InChI=1S/C12H18ClNO4S/c1-18-12-5-3-2-4-11(12)10-14(7-8-15)19(16,17)9-6-13/h2-5,15H,6-10H2,1H3.